The van der Waals surface area contributed by atoms with Crippen molar-refractivity contribution in [3.63, 3.8) is 0 Å². The average molecular weight is 483 g/mol. The third-order valence-electron chi connectivity index (χ3n) is 6.07. The quantitative estimate of drug-likeness (QED) is 0.474. The monoisotopic (exact) mass is 482 g/mol. The van der Waals surface area contributed by atoms with Crippen LogP contribution in [0.25, 0.3) is 0 Å². The van der Waals surface area contributed by atoms with Gasteiger partial charge in [-0.2, -0.15) is 5.10 Å². The number of carbonyl (C=O) groups is 1. The molecule has 0 aliphatic carbocycles. The van der Waals surface area contributed by atoms with Crippen molar-refractivity contribution in [1.82, 2.24) is 14.7 Å². The molecule has 164 valence electrons. The van der Waals surface area contributed by atoms with E-state index >= 15 is 0 Å². The van der Waals surface area contributed by atoms with E-state index in [9.17, 15) is 4.79 Å². The van der Waals surface area contributed by atoms with Crippen molar-refractivity contribution in [1.29, 1.82) is 0 Å². The second-order valence-electron chi connectivity index (χ2n) is 8.28. The van der Waals surface area contributed by atoms with Crippen molar-refractivity contribution in [2.45, 2.75) is 38.7 Å². The van der Waals surface area contributed by atoms with Crippen LogP contribution >= 0.6 is 35.6 Å². The number of hydrogen-bond acceptors (Lipinski definition) is 4. The van der Waals surface area contributed by atoms with Gasteiger partial charge in [-0.05, 0) is 56.2 Å². The standard InChI is InChI=1S/C24H23ClN4OS2/c1-14-7-9-18(10-8-14)23-28-20(13-32-23)22(30)29(24(28)31)21-15(2)26-27(16(21)3)12-17-5-4-6-19(25)11-17/h4-11,20,23H,12-13H2,1-3H3. The lowest BCUT2D eigenvalue weighted by Crippen LogP contribution is -2.34. The van der Waals surface area contributed by atoms with Gasteiger partial charge in [-0.15, -0.1) is 11.8 Å². The highest BCUT2D eigenvalue weighted by atomic mass is 35.5. The van der Waals surface area contributed by atoms with Crippen molar-refractivity contribution >= 4 is 52.3 Å². The van der Waals surface area contributed by atoms with Gasteiger partial charge in [-0.25, -0.2) is 0 Å². The van der Waals surface area contributed by atoms with Crippen LogP contribution in [-0.2, 0) is 11.3 Å². The first-order valence-corrected chi connectivity index (χ1v) is 12.3. The van der Waals surface area contributed by atoms with Gasteiger partial charge in [0, 0.05) is 10.8 Å². The fourth-order valence-electron chi connectivity index (χ4n) is 4.46. The number of thiocarbonyl (C=S) groups is 1. The first-order valence-electron chi connectivity index (χ1n) is 10.5. The summed E-state index contributed by atoms with van der Waals surface area (Å²) in [6, 6.07) is 16.0. The maximum atomic E-state index is 13.5. The number of rotatable bonds is 4. The molecule has 5 nitrogen and oxygen atoms in total. The Morgan fingerprint density at radius 1 is 1.16 bits per heavy atom. The van der Waals surface area contributed by atoms with Crippen LogP contribution in [-0.4, -0.2) is 37.5 Å². The molecule has 2 aliphatic rings. The molecule has 0 N–H and O–H groups in total. The highest BCUT2D eigenvalue weighted by molar-refractivity contribution is 7.99. The largest absolute Gasteiger partial charge is 0.319 e. The fourth-order valence-corrected chi connectivity index (χ4v) is 6.57. The number of fused-ring (bicyclic) bond motifs is 1. The van der Waals surface area contributed by atoms with E-state index in [0.29, 0.717) is 16.7 Å². The van der Waals surface area contributed by atoms with Crippen LogP contribution in [0.3, 0.4) is 0 Å². The summed E-state index contributed by atoms with van der Waals surface area (Å²) >= 11 is 13.8. The Morgan fingerprint density at radius 2 is 1.91 bits per heavy atom. The maximum absolute atomic E-state index is 13.5. The van der Waals surface area contributed by atoms with Crippen LogP contribution in [0.5, 0.6) is 0 Å². The molecule has 1 aromatic heterocycles. The number of anilines is 1. The van der Waals surface area contributed by atoms with Crippen LogP contribution in [0.1, 0.15) is 33.5 Å². The van der Waals surface area contributed by atoms with Crippen molar-refractivity contribution in [2.75, 3.05) is 10.7 Å². The molecule has 1 amide bonds. The Balaban J connectivity index is 1.47. The van der Waals surface area contributed by atoms with Gasteiger partial charge >= 0.3 is 0 Å². The minimum absolute atomic E-state index is 0.0330. The van der Waals surface area contributed by atoms with Crippen molar-refractivity contribution < 1.29 is 4.79 Å². The molecule has 0 bridgehead atoms. The Bertz CT molecular complexity index is 1220. The first kappa shape index (κ1) is 21.5. The molecule has 2 saturated heterocycles. The highest BCUT2D eigenvalue weighted by Gasteiger charge is 2.51. The molecule has 2 aromatic carbocycles. The lowest BCUT2D eigenvalue weighted by Gasteiger charge is -2.25. The van der Waals surface area contributed by atoms with E-state index < -0.39 is 0 Å². The summed E-state index contributed by atoms with van der Waals surface area (Å²) in [5.74, 6) is 0.758. The number of amides is 1. The predicted octanol–water partition coefficient (Wildman–Crippen LogP) is 5.26. The van der Waals surface area contributed by atoms with Crippen molar-refractivity contribution in [2.24, 2.45) is 0 Å². The molecule has 5 rings (SSSR count). The van der Waals surface area contributed by atoms with Gasteiger partial charge in [0.2, 0.25) is 0 Å². The maximum Gasteiger partial charge on any atom is 0.257 e. The van der Waals surface area contributed by atoms with E-state index in [0.717, 1.165) is 28.4 Å². The zero-order valence-corrected chi connectivity index (χ0v) is 20.5. The molecule has 2 unspecified atom stereocenters. The van der Waals surface area contributed by atoms with Crippen molar-refractivity contribution in [3.8, 4) is 0 Å². The van der Waals surface area contributed by atoms with Gasteiger partial charge in [-0.3, -0.25) is 14.4 Å². The number of aryl methyl sites for hydroxylation is 2. The van der Waals surface area contributed by atoms with Gasteiger partial charge in [-0.1, -0.05) is 53.6 Å². The van der Waals surface area contributed by atoms with Crippen LogP contribution in [0.2, 0.25) is 5.02 Å². The number of carbonyl (C=O) groups excluding carboxylic acids is 1. The minimum Gasteiger partial charge on any atom is -0.319 e. The van der Waals surface area contributed by atoms with Crippen LogP contribution in [0, 0.1) is 20.8 Å². The number of nitrogens with zero attached hydrogens (tertiary/aromatic N) is 4. The Morgan fingerprint density at radius 3 is 2.62 bits per heavy atom. The molecule has 2 atom stereocenters. The molecule has 2 aliphatic heterocycles. The Labute approximate surface area is 202 Å². The molecule has 0 spiro atoms. The third kappa shape index (κ3) is 3.52. The second-order valence-corrected chi connectivity index (χ2v) is 10.2. The predicted molar refractivity (Wildman–Crippen MR) is 134 cm³/mol. The molecule has 3 heterocycles. The fraction of sp³-hybridized carbons (Fsp3) is 0.292. The third-order valence-corrected chi connectivity index (χ3v) is 8.02. The molecular weight excluding hydrogens is 460 g/mol. The van der Waals surface area contributed by atoms with Gasteiger partial charge in [0.25, 0.3) is 5.91 Å². The summed E-state index contributed by atoms with van der Waals surface area (Å²) in [6.07, 6.45) is 0. The molecule has 8 heteroatoms. The van der Waals surface area contributed by atoms with E-state index in [1.165, 1.54) is 11.1 Å². The zero-order valence-electron chi connectivity index (χ0n) is 18.1. The molecule has 2 fully saturated rings. The lowest BCUT2D eigenvalue weighted by molar-refractivity contribution is -0.119. The first-order chi connectivity index (χ1) is 15.3. The summed E-state index contributed by atoms with van der Waals surface area (Å²) in [5.41, 5.74) is 5.95. The summed E-state index contributed by atoms with van der Waals surface area (Å²) in [5, 5.41) is 6.03. The van der Waals surface area contributed by atoms with Gasteiger partial charge in [0.15, 0.2) is 5.11 Å². The molecule has 32 heavy (non-hydrogen) atoms. The summed E-state index contributed by atoms with van der Waals surface area (Å²) < 4.78 is 1.92. The van der Waals surface area contributed by atoms with E-state index in [2.05, 4.69) is 36.1 Å². The number of halogens is 1. The lowest BCUT2D eigenvalue weighted by atomic mass is 10.1. The summed E-state index contributed by atoms with van der Waals surface area (Å²) in [7, 11) is 0. The normalized spacial score (nSPS) is 20.4. The van der Waals surface area contributed by atoms with E-state index in [4.69, 9.17) is 28.9 Å². The number of thioether (sulfide) groups is 1. The summed E-state index contributed by atoms with van der Waals surface area (Å²) in [6.45, 7) is 6.58. The molecular formula is C24H23ClN4OS2. The van der Waals surface area contributed by atoms with Gasteiger partial charge in [0.1, 0.15) is 11.4 Å². The molecule has 3 aromatic rings. The smallest absolute Gasteiger partial charge is 0.257 e. The average Bonchev–Trinajstić information content (AvgIpc) is 3.38. The Kier molecular flexibility index (Phi) is 5.51. The van der Waals surface area contributed by atoms with Crippen LogP contribution in [0.15, 0.2) is 48.5 Å². The van der Waals surface area contributed by atoms with E-state index in [1.807, 2.05) is 42.8 Å². The SMILES string of the molecule is Cc1ccc(C2SCC3C(=O)N(c4c(C)nn(Cc5cccc(Cl)c5)c4C)C(=S)N32)cc1. The Hall–Kier alpha value is -2.35. The van der Waals surface area contributed by atoms with Crippen LogP contribution < -0.4 is 4.90 Å². The second kappa shape index (κ2) is 8.21. The van der Waals surface area contributed by atoms with E-state index in [1.54, 1.807) is 16.7 Å². The molecule has 0 radical (unpaired) electrons. The minimum atomic E-state index is -0.242. The van der Waals surface area contributed by atoms with Crippen molar-refractivity contribution in [3.05, 3.63) is 81.6 Å². The number of benzene rings is 2. The zero-order chi connectivity index (χ0) is 22.6. The van der Waals surface area contributed by atoms with Gasteiger partial charge < -0.3 is 4.90 Å². The van der Waals surface area contributed by atoms with Gasteiger partial charge in [0.05, 0.1) is 23.6 Å². The van der Waals surface area contributed by atoms with E-state index in [-0.39, 0.29) is 17.3 Å². The highest BCUT2D eigenvalue weighted by Crippen LogP contribution is 2.47. The molecule has 0 saturated carbocycles. The topological polar surface area (TPSA) is 41.4 Å². The number of hydrogen-bond donors (Lipinski definition) is 0. The van der Waals surface area contributed by atoms with Crippen LogP contribution in [0.4, 0.5) is 5.69 Å². The summed E-state index contributed by atoms with van der Waals surface area (Å²) in [4.78, 5) is 17.3. The number of aromatic nitrogens is 2.